The molecule has 132 valence electrons. The van der Waals surface area contributed by atoms with E-state index in [2.05, 4.69) is 0 Å². The molecule has 0 aliphatic heterocycles. The van der Waals surface area contributed by atoms with E-state index in [-0.39, 0.29) is 22.3 Å². The van der Waals surface area contributed by atoms with Crippen LogP contribution in [0, 0.1) is 0 Å². The van der Waals surface area contributed by atoms with Crippen LogP contribution in [0.1, 0.15) is 78.9 Å². The van der Waals surface area contributed by atoms with Gasteiger partial charge in [-0.2, -0.15) is 0 Å². The van der Waals surface area contributed by atoms with Crippen LogP contribution in [0.2, 0.25) is 0 Å². The fourth-order valence-corrected chi connectivity index (χ4v) is 3.31. The number of aromatic carboxylic acids is 2. The summed E-state index contributed by atoms with van der Waals surface area (Å²) >= 11 is 0. The molecule has 2 N–H and O–H groups in total. The Balaban J connectivity index is 2.43. The summed E-state index contributed by atoms with van der Waals surface area (Å²) < 4.78 is 0. The van der Waals surface area contributed by atoms with Gasteiger partial charge in [-0.15, -0.1) is 0 Å². The van der Waals surface area contributed by atoms with E-state index in [0.29, 0.717) is 5.56 Å². The van der Waals surface area contributed by atoms with Crippen molar-refractivity contribution in [3.8, 4) is 0 Å². The van der Waals surface area contributed by atoms with E-state index < -0.39 is 40.0 Å². The Hall–Kier alpha value is -3.28. The van der Waals surface area contributed by atoms with Crippen molar-refractivity contribution in [2.75, 3.05) is 0 Å². The first-order valence-electron chi connectivity index (χ1n) is 7.92. The van der Waals surface area contributed by atoms with Gasteiger partial charge in [-0.25, -0.2) is 9.59 Å². The van der Waals surface area contributed by atoms with Gasteiger partial charge >= 0.3 is 11.9 Å². The van der Waals surface area contributed by atoms with E-state index in [1.807, 2.05) is 20.8 Å². The lowest BCUT2D eigenvalue weighted by atomic mass is 9.74. The first-order chi connectivity index (χ1) is 12.1. The second kappa shape index (κ2) is 5.62. The smallest absolute Gasteiger partial charge is 0.337 e. The van der Waals surface area contributed by atoms with E-state index >= 15 is 0 Å². The molecule has 0 saturated heterocycles. The van der Waals surface area contributed by atoms with E-state index in [4.69, 9.17) is 0 Å². The molecule has 2 aromatic rings. The Morgan fingerprint density at radius 1 is 0.808 bits per heavy atom. The summed E-state index contributed by atoms with van der Waals surface area (Å²) in [4.78, 5) is 49.2. The summed E-state index contributed by atoms with van der Waals surface area (Å²) in [6, 6.07) is 7.18. The SMILES string of the molecule is CC(C)(C)c1cccc2c1C(=O)c1c(ccc(C(=O)O)c1C(=O)O)C2=O. The van der Waals surface area contributed by atoms with Crippen LogP contribution < -0.4 is 0 Å². The van der Waals surface area contributed by atoms with Crippen molar-refractivity contribution in [1.82, 2.24) is 0 Å². The minimum atomic E-state index is -1.56. The Bertz CT molecular complexity index is 1010. The molecule has 0 bridgehead atoms. The van der Waals surface area contributed by atoms with Crippen molar-refractivity contribution < 1.29 is 29.4 Å². The molecule has 2 aromatic carbocycles. The van der Waals surface area contributed by atoms with Crippen LogP contribution in [0.25, 0.3) is 0 Å². The molecule has 0 unspecified atom stereocenters. The van der Waals surface area contributed by atoms with Crippen LogP contribution in [-0.2, 0) is 5.41 Å². The molecule has 0 heterocycles. The van der Waals surface area contributed by atoms with Gasteiger partial charge in [0.05, 0.1) is 11.1 Å². The number of carboxylic acid groups (broad SMARTS) is 2. The van der Waals surface area contributed by atoms with Gasteiger partial charge in [0, 0.05) is 22.3 Å². The zero-order chi connectivity index (χ0) is 19.4. The molecule has 6 nitrogen and oxygen atoms in total. The summed E-state index contributed by atoms with van der Waals surface area (Å²) in [5, 5.41) is 18.8. The van der Waals surface area contributed by atoms with Gasteiger partial charge in [0.2, 0.25) is 0 Å². The first-order valence-corrected chi connectivity index (χ1v) is 7.92. The Morgan fingerprint density at radius 2 is 1.42 bits per heavy atom. The van der Waals surface area contributed by atoms with Crippen LogP contribution in [0.3, 0.4) is 0 Å². The number of benzene rings is 2. The number of ketones is 2. The molecule has 0 amide bonds. The van der Waals surface area contributed by atoms with Gasteiger partial charge in [-0.1, -0.05) is 39.0 Å². The zero-order valence-electron chi connectivity index (χ0n) is 14.4. The predicted octanol–water partition coefficient (Wildman–Crippen LogP) is 3.16. The summed E-state index contributed by atoms with van der Waals surface area (Å²) in [5.74, 6) is -4.15. The van der Waals surface area contributed by atoms with Crippen molar-refractivity contribution in [1.29, 1.82) is 0 Å². The maximum atomic E-state index is 13.2. The standard InChI is InChI=1S/C20H16O6/c1-20(2,3)12-6-4-5-9-13(12)17(22)14-10(16(9)21)7-8-11(18(23)24)15(14)19(25)26/h4-8H,1-3H3,(H,23,24)(H,25,26). The van der Waals surface area contributed by atoms with Crippen LogP contribution in [0.5, 0.6) is 0 Å². The number of carbonyl (C=O) groups is 4. The highest BCUT2D eigenvalue weighted by Crippen LogP contribution is 2.36. The minimum absolute atomic E-state index is 0.0871. The lowest BCUT2D eigenvalue weighted by molar-refractivity contribution is 0.0649. The fraction of sp³-hybridized carbons (Fsp3) is 0.200. The second-order valence-electron chi connectivity index (χ2n) is 7.16. The molecule has 0 fully saturated rings. The van der Waals surface area contributed by atoms with Gasteiger partial charge in [0.1, 0.15) is 0 Å². The van der Waals surface area contributed by atoms with Crippen molar-refractivity contribution in [3.63, 3.8) is 0 Å². The maximum Gasteiger partial charge on any atom is 0.337 e. The van der Waals surface area contributed by atoms with Crippen LogP contribution in [0.15, 0.2) is 30.3 Å². The van der Waals surface area contributed by atoms with Gasteiger partial charge in [0.15, 0.2) is 11.6 Å². The largest absolute Gasteiger partial charge is 0.478 e. The Labute approximate surface area is 149 Å². The fourth-order valence-electron chi connectivity index (χ4n) is 3.31. The average molecular weight is 352 g/mol. The third-order valence-corrected chi connectivity index (χ3v) is 4.47. The quantitative estimate of drug-likeness (QED) is 0.733. The highest BCUT2D eigenvalue weighted by molar-refractivity contribution is 6.31. The van der Waals surface area contributed by atoms with Crippen LogP contribution >= 0.6 is 0 Å². The summed E-state index contributed by atoms with van der Waals surface area (Å²) in [6.45, 7) is 5.63. The van der Waals surface area contributed by atoms with Gasteiger partial charge in [0.25, 0.3) is 0 Å². The molecule has 0 aromatic heterocycles. The molecular weight excluding hydrogens is 336 g/mol. The normalized spacial score (nSPS) is 13.2. The number of hydrogen-bond acceptors (Lipinski definition) is 4. The predicted molar refractivity (Wildman–Crippen MR) is 92.4 cm³/mol. The third-order valence-electron chi connectivity index (χ3n) is 4.47. The average Bonchev–Trinajstić information content (AvgIpc) is 2.56. The number of hydrogen-bond donors (Lipinski definition) is 2. The molecule has 1 aliphatic carbocycles. The van der Waals surface area contributed by atoms with Crippen LogP contribution in [0.4, 0.5) is 0 Å². The molecule has 1 aliphatic rings. The second-order valence-corrected chi connectivity index (χ2v) is 7.16. The number of fused-ring (bicyclic) bond motifs is 2. The number of carbonyl (C=O) groups excluding carboxylic acids is 2. The molecule has 6 heteroatoms. The van der Waals surface area contributed by atoms with E-state index in [1.165, 1.54) is 12.1 Å². The summed E-state index contributed by atoms with van der Waals surface area (Å²) in [5.41, 5.74) is -1.13. The minimum Gasteiger partial charge on any atom is -0.478 e. The topological polar surface area (TPSA) is 109 Å². The van der Waals surface area contributed by atoms with Crippen molar-refractivity contribution in [2.24, 2.45) is 0 Å². The van der Waals surface area contributed by atoms with E-state index in [9.17, 15) is 29.4 Å². The highest BCUT2D eigenvalue weighted by Gasteiger charge is 2.38. The van der Waals surface area contributed by atoms with Gasteiger partial charge in [-0.05, 0) is 23.1 Å². The lowest BCUT2D eigenvalue weighted by Gasteiger charge is -2.27. The number of carboxylic acids is 2. The van der Waals surface area contributed by atoms with E-state index in [0.717, 1.165) is 6.07 Å². The van der Waals surface area contributed by atoms with E-state index in [1.54, 1.807) is 12.1 Å². The molecule has 26 heavy (non-hydrogen) atoms. The van der Waals surface area contributed by atoms with Crippen LogP contribution in [-0.4, -0.2) is 33.7 Å². The van der Waals surface area contributed by atoms with Crippen molar-refractivity contribution in [2.45, 2.75) is 26.2 Å². The van der Waals surface area contributed by atoms with Crippen molar-refractivity contribution in [3.05, 3.63) is 69.3 Å². The summed E-state index contributed by atoms with van der Waals surface area (Å²) in [6.07, 6.45) is 0. The molecular formula is C20H16O6. The van der Waals surface area contributed by atoms with Crippen molar-refractivity contribution >= 4 is 23.5 Å². The first kappa shape index (κ1) is 17.5. The molecule has 0 atom stereocenters. The molecule has 0 radical (unpaired) electrons. The lowest BCUT2D eigenvalue weighted by Crippen LogP contribution is -2.29. The third kappa shape index (κ3) is 2.42. The Morgan fingerprint density at radius 3 is 1.96 bits per heavy atom. The number of rotatable bonds is 2. The molecule has 0 saturated carbocycles. The maximum absolute atomic E-state index is 13.2. The molecule has 3 rings (SSSR count). The zero-order valence-corrected chi connectivity index (χ0v) is 14.4. The Kier molecular flexibility index (Phi) is 3.79. The molecule has 0 spiro atoms. The highest BCUT2D eigenvalue weighted by atomic mass is 16.4. The summed E-state index contributed by atoms with van der Waals surface area (Å²) in [7, 11) is 0. The van der Waals surface area contributed by atoms with Gasteiger partial charge < -0.3 is 10.2 Å². The monoisotopic (exact) mass is 352 g/mol. The van der Waals surface area contributed by atoms with Gasteiger partial charge in [-0.3, -0.25) is 9.59 Å².